The zero-order chi connectivity index (χ0) is 14.8. The van der Waals surface area contributed by atoms with Gasteiger partial charge in [0.15, 0.2) is 0 Å². The van der Waals surface area contributed by atoms with Crippen LogP contribution in [-0.2, 0) is 0 Å². The van der Waals surface area contributed by atoms with Gasteiger partial charge in [-0.15, -0.1) is 13.2 Å². The number of aliphatic hydroxyl groups excluding tert-OH is 1. The number of hydrogen-bond donors (Lipinski definition) is 1. The number of rotatable bonds is 3. The molecule has 0 amide bonds. The lowest BCUT2D eigenvalue weighted by atomic mass is 10.1. The molecule has 7 heteroatoms. The van der Waals surface area contributed by atoms with E-state index in [0.717, 1.165) is 16.6 Å². The second kappa shape index (κ2) is 5.80. The minimum atomic E-state index is -4.73. The van der Waals surface area contributed by atoms with E-state index in [-0.39, 0.29) is 5.75 Å². The van der Waals surface area contributed by atoms with E-state index in [0.29, 0.717) is 11.3 Å². The van der Waals surface area contributed by atoms with Crippen molar-refractivity contribution in [1.82, 2.24) is 4.98 Å². The molecule has 1 N–H and O–H groups in total. The summed E-state index contributed by atoms with van der Waals surface area (Å²) < 4.78 is 40.6. The Bertz CT molecular complexity index is 570. The van der Waals surface area contributed by atoms with Crippen molar-refractivity contribution in [3.8, 4) is 5.75 Å². The first-order valence-electron chi connectivity index (χ1n) is 5.50. The highest BCUT2D eigenvalue weighted by Gasteiger charge is 2.31. The molecule has 0 aliphatic rings. The van der Waals surface area contributed by atoms with Gasteiger partial charge in [-0.2, -0.15) is 0 Å². The van der Waals surface area contributed by atoms with E-state index in [1.54, 1.807) is 12.1 Å². The van der Waals surface area contributed by atoms with Gasteiger partial charge in [0.1, 0.15) is 11.9 Å². The van der Waals surface area contributed by atoms with Gasteiger partial charge in [-0.05, 0) is 45.8 Å². The molecule has 3 nitrogen and oxygen atoms in total. The molecular weight excluding hydrogens is 339 g/mol. The lowest BCUT2D eigenvalue weighted by Gasteiger charge is -2.12. The fourth-order valence-corrected chi connectivity index (χ4v) is 1.81. The number of ether oxygens (including phenoxy) is 1. The third-order valence-electron chi connectivity index (χ3n) is 2.46. The van der Waals surface area contributed by atoms with Crippen molar-refractivity contribution in [3.63, 3.8) is 0 Å². The molecule has 1 unspecified atom stereocenters. The molecule has 0 saturated carbocycles. The highest BCUT2D eigenvalue weighted by molar-refractivity contribution is 9.10. The maximum Gasteiger partial charge on any atom is 0.573 e. The Morgan fingerprint density at radius 2 is 1.75 bits per heavy atom. The summed E-state index contributed by atoms with van der Waals surface area (Å²) >= 11 is 3.22. The second-order valence-corrected chi connectivity index (χ2v) is 4.84. The largest absolute Gasteiger partial charge is 0.573 e. The number of hydrogen-bond acceptors (Lipinski definition) is 3. The first kappa shape index (κ1) is 14.8. The Morgan fingerprint density at radius 3 is 2.25 bits per heavy atom. The molecule has 0 fully saturated rings. The summed E-state index contributed by atoms with van der Waals surface area (Å²) in [5.74, 6) is -0.336. The molecule has 1 aromatic heterocycles. The summed E-state index contributed by atoms with van der Waals surface area (Å²) in [5, 5.41) is 10.1. The van der Waals surface area contributed by atoms with E-state index in [9.17, 15) is 18.3 Å². The molecule has 1 atom stereocenters. The topological polar surface area (TPSA) is 42.4 Å². The Labute approximate surface area is 121 Å². The average Bonchev–Trinajstić information content (AvgIpc) is 2.38. The van der Waals surface area contributed by atoms with Crippen LogP contribution in [0.15, 0.2) is 47.1 Å². The Hall–Kier alpha value is -1.60. The minimum absolute atomic E-state index is 0.336. The molecular formula is C13H9BrF3NO2. The van der Waals surface area contributed by atoms with Crippen LogP contribution in [-0.4, -0.2) is 16.5 Å². The summed E-state index contributed by atoms with van der Waals surface area (Å²) in [5.41, 5.74) is 0.826. The third-order valence-corrected chi connectivity index (χ3v) is 2.93. The van der Waals surface area contributed by atoms with Gasteiger partial charge >= 0.3 is 6.36 Å². The number of pyridine rings is 1. The van der Waals surface area contributed by atoms with Crippen LogP contribution >= 0.6 is 15.9 Å². The fraction of sp³-hybridized carbons (Fsp3) is 0.154. The molecule has 1 aromatic carbocycles. The van der Waals surface area contributed by atoms with Crippen LogP contribution < -0.4 is 4.74 Å². The van der Waals surface area contributed by atoms with Gasteiger partial charge in [0.25, 0.3) is 0 Å². The van der Waals surface area contributed by atoms with Crippen LogP contribution in [0, 0.1) is 0 Å². The van der Waals surface area contributed by atoms with Gasteiger partial charge in [0.2, 0.25) is 0 Å². The predicted octanol–water partition coefficient (Wildman–Crippen LogP) is 3.82. The summed E-state index contributed by atoms with van der Waals surface area (Å²) in [7, 11) is 0. The van der Waals surface area contributed by atoms with Crippen LogP contribution in [0.25, 0.3) is 0 Å². The molecule has 0 aliphatic carbocycles. The number of halogens is 4. The Balaban J connectivity index is 2.15. The highest BCUT2D eigenvalue weighted by Crippen LogP contribution is 2.26. The van der Waals surface area contributed by atoms with Crippen LogP contribution in [0.3, 0.4) is 0 Å². The van der Waals surface area contributed by atoms with Crippen molar-refractivity contribution in [1.29, 1.82) is 0 Å². The van der Waals surface area contributed by atoms with Gasteiger partial charge in [-0.3, -0.25) is 4.98 Å². The standard InChI is InChI=1S/C13H9BrF3NO2/c14-9-3-6-11(18-7-9)12(19)8-1-4-10(5-2-8)20-13(15,16)17/h1-7,12,19H. The zero-order valence-electron chi connectivity index (χ0n) is 9.93. The third kappa shape index (κ3) is 3.94. The second-order valence-electron chi connectivity index (χ2n) is 3.92. The zero-order valence-corrected chi connectivity index (χ0v) is 11.5. The van der Waals surface area contributed by atoms with Gasteiger partial charge in [0.05, 0.1) is 5.69 Å². The lowest BCUT2D eigenvalue weighted by molar-refractivity contribution is -0.274. The van der Waals surface area contributed by atoms with Crippen molar-refractivity contribution in [3.05, 3.63) is 58.3 Å². The number of aromatic nitrogens is 1. The van der Waals surface area contributed by atoms with Crippen LogP contribution in [0.4, 0.5) is 13.2 Å². The van der Waals surface area contributed by atoms with Crippen molar-refractivity contribution < 1.29 is 23.0 Å². The number of alkyl halides is 3. The lowest BCUT2D eigenvalue weighted by Crippen LogP contribution is -2.17. The SMILES string of the molecule is OC(c1ccc(OC(F)(F)F)cc1)c1ccc(Br)cn1. The fourth-order valence-electron chi connectivity index (χ4n) is 1.57. The van der Waals surface area contributed by atoms with E-state index in [2.05, 4.69) is 25.7 Å². The summed E-state index contributed by atoms with van der Waals surface area (Å²) in [6.45, 7) is 0. The Kier molecular flexibility index (Phi) is 4.29. The normalized spacial score (nSPS) is 13.1. The molecule has 0 aliphatic heterocycles. The highest BCUT2D eigenvalue weighted by atomic mass is 79.9. The molecule has 2 aromatic rings. The molecule has 1 heterocycles. The van der Waals surface area contributed by atoms with Gasteiger partial charge in [-0.1, -0.05) is 12.1 Å². The first-order chi connectivity index (χ1) is 9.35. The van der Waals surface area contributed by atoms with Gasteiger partial charge in [-0.25, -0.2) is 0 Å². The van der Waals surface area contributed by atoms with Crippen LogP contribution in [0.2, 0.25) is 0 Å². The van der Waals surface area contributed by atoms with E-state index < -0.39 is 12.5 Å². The summed E-state index contributed by atoms with van der Waals surface area (Å²) in [6.07, 6.45) is -4.21. The monoisotopic (exact) mass is 347 g/mol. The molecule has 0 saturated heterocycles. The predicted molar refractivity (Wildman–Crippen MR) is 69.1 cm³/mol. The molecule has 0 radical (unpaired) electrons. The molecule has 2 rings (SSSR count). The number of aliphatic hydroxyl groups is 1. The first-order valence-corrected chi connectivity index (χ1v) is 6.30. The van der Waals surface area contributed by atoms with Crippen LogP contribution in [0.5, 0.6) is 5.75 Å². The maximum atomic E-state index is 12.0. The summed E-state index contributed by atoms with van der Waals surface area (Å²) in [4.78, 5) is 4.03. The minimum Gasteiger partial charge on any atom is -0.406 e. The van der Waals surface area contributed by atoms with E-state index in [1.165, 1.54) is 18.3 Å². The van der Waals surface area contributed by atoms with Gasteiger partial charge < -0.3 is 9.84 Å². The smallest absolute Gasteiger partial charge is 0.406 e. The van der Waals surface area contributed by atoms with E-state index >= 15 is 0 Å². The molecule has 0 spiro atoms. The van der Waals surface area contributed by atoms with Crippen molar-refractivity contribution >= 4 is 15.9 Å². The average molecular weight is 348 g/mol. The van der Waals surface area contributed by atoms with Crippen LogP contribution in [0.1, 0.15) is 17.4 Å². The maximum absolute atomic E-state index is 12.0. The molecule has 20 heavy (non-hydrogen) atoms. The number of nitrogens with zero attached hydrogens (tertiary/aromatic N) is 1. The molecule has 106 valence electrons. The number of benzene rings is 1. The van der Waals surface area contributed by atoms with E-state index in [1.807, 2.05) is 0 Å². The Morgan fingerprint density at radius 1 is 1.10 bits per heavy atom. The van der Waals surface area contributed by atoms with Crippen molar-refractivity contribution in [2.24, 2.45) is 0 Å². The summed E-state index contributed by atoms with van der Waals surface area (Å²) in [6, 6.07) is 8.34. The van der Waals surface area contributed by atoms with Crippen molar-refractivity contribution in [2.45, 2.75) is 12.5 Å². The van der Waals surface area contributed by atoms with Crippen molar-refractivity contribution in [2.75, 3.05) is 0 Å². The quantitative estimate of drug-likeness (QED) is 0.917. The van der Waals surface area contributed by atoms with Gasteiger partial charge in [0, 0.05) is 10.7 Å². The molecule has 0 bridgehead atoms. The van der Waals surface area contributed by atoms with E-state index in [4.69, 9.17) is 0 Å².